The Hall–Kier alpha value is -4.05. The van der Waals surface area contributed by atoms with Crippen LogP contribution in [-0.4, -0.2) is 75.6 Å². The summed E-state index contributed by atoms with van der Waals surface area (Å²) in [6.45, 7) is 3.92. The Labute approximate surface area is 196 Å². The number of aromatic amines is 1. The molecule has 4 heterocycles. The lowest BCUT2D eigenvalue weighted by Crippen LogP contribution is -2.44. The number of carbonyl (C=O) groups is 1. The highest BCUT2D eigenvalue weighted by Gasteiger charge is 2.24. The van der Waals surface area contributed by atoms with Crippen molar-refractivity contribution in [3.63, 3.8) is 0 Å². The third-order valence-corrected chi connectivity index (χ3v) is 5.60. The van der Waals surface area contributed by atoms with E-state index in [4.69, 9.17) is 14.5 Å². The minimum atomic E-state index is -0.0785. The van der Waals surface area contributed by atoms with Gasteiger partial charge in [0.1, 0.15) is 11.4 Å². The van der Waals surface area contributed by atoms with Gasteiger partial charge < -0.3 is 24.3 Å². The second kappa shape index (κ2) is 9.06. The van der Waals surface area contributed by atoms with Crippen molar-refractivity contribution in [1.29, 1.82) is 0 Å². The number of H-pyrrole nitrogens is 1. The highest BCUT2D eigenvalue weighted by atomic mass is 16.5. The Balaban J connectivity index is 1.51. The van der Waals surface area contributed by atoms with Crippen LogP contribution >= 0.6 is 0 Å². The summed E-state index contributed by atoms with van der Waals surface area (Å²) in [4.78, 5) is 37.2. The zero-order chi connectivity index (χ0) is 23.7. The van der Waals surface area contributed by atoms with Crippen LogP contribution in [0.4, 0.5) is 5.95 Å². The number of hydrogen-bond donors (Lipinski definition) is 1. The van der Waals surface area contributed by atoms with Crippen LogP contribution in [0.1, 0.15) is 17.3 Å². The van der Waals surface area contributed by atoms with Crippen molar-refractivity contribution in [3.05, 3.63) is 54.4 Å². The van der Waals surface area contributed by atoms with E-state index in [-0.39, 0.29) is 18.0 Å². The topological polar surface area (TPSA) is 109 Å². The molecule has 0 unspecified atom stereocenters. The number of aromatic nitrogens is 5. The molecule has 1 atom stereocenters. The molecule has 10 nitrogen and oxygen atoms in total. The molecular weight excluding hydrogens is 434 g/mol. The minimum Gasteiger partial charge on any atom is -0.424 e. The fraction of sp³-hybridized carbons (Fsp3) is 0.292. The lowest BCUT2D eigenvalue weighted by Gasteiger charge is -2.33. The molecule has 174 valence electrons. The molecule has 3 aromatic heterocycles. The van der Waals surface area contributed by atoms with Gasteiger partial charge in [-0.15, -0.1) is 0 Å². The first-order valence-electron chi connectivity index (χ1n) is 11.0. The van der Waals surface area contributed by atoms with Gasteiger partial charge in [-0.2, -0.15) is 15.0 Å². The summed E-state index contributed by atoms with van der Waals surface area (Å²) < 4.78 is 11.6. The Morgan fingerprint density at radius 2 is 2.00 bits per heavy atom. The van der Waals surface area contributed by atoms with Gasteiger partial charge in [-0.05, 0) is 43.3 Å². The molecule has 1 N–H and O–H groups in total. The van der Waals surface area contributed by atoms with Crippen LogP contribution < -0.4 is 9.64 Å². The molecule has 1 saturated heterocycles. The SMILES string of the molecule is C[C@H]1COCCN1c1nc(Oc2ccc(C(=O)N(C)C)cc2)nc(-c2cnc3[nH]ccc3c2)n1. The zero-order valence-corrected chi connectivity index (χ0v) is 19.2. The van der Waals surface area contributed by atoms with E-state index in [1.165, 1.54) is 4.90 Å². The van der Waals surface area contributed by atoms with Crippen molar-refractivity contribution in [1.82, 2.24) is 29.8 Å². The molecule has 5 rings (SSSR count). The number of hydrogen-bond acceptors (Lipinski definition) is 8. The average Bonchev–Trinajstić information content (AvgIpc) is 3.32. The highest BCUT2D eigenvalue weighted by Crippen LogP contribution is 2.27. The van der Waals surface area contributed by atoms with Crippen LogP contribution in [0.25, 0.3) is 22.4 Å². The van der Waals surface area contributed by atoms with Gasteiger partial charge in [0.2, 0.25) is 5.95 Å². The molecular formula is C24H25N7O3. The van der Waals surface area contributed by atoms with E-state index in [1.54, 1.807) is 44.6 Å². The second-order valence-electron chi connectivity index (χ2n) is 8.32. The molecule has 1 fully saturated rings. The third-order valence-electron chi connectivity index (χ3n) is 5.60. The van der Waals surface area contributed by atoms with Gasteiger partial charge in [0.25, 0.3) is 5.91 Å². The van der Waals surface area contributed by atoms with Gasteiger partial charge in [0.05, 0.1) is 19.3 Å². The number of carbonyl (C=O) groups excluding carboxylic acids is 1. The molecule has 10 heteroatoms. The lowest BCUT2D eigenvalue weighted by molar-refractivity contribution is 0.0827. The van der Waals surface area contributed by atoms with Crippen LogP contribution in [0.5, 0.6) is 11.8 Å². The van der Waals surface area contributed by atoms with E-state index < -0.39 is 0 Å². The van der Waals surface area contributed by atoms with Gasteiger partial charge in [0.15, 0.2) is 5.82 Å². The van der Waals surface area contributed by atoms with E-state index >= 15 is 0 Å². The number of amides is 1. The number of nitrogens with zero attached hydrogens (tertiary/aromatic N) is 6. The van der Waals surface area contributed by atoms with Gasteiger partial charge in [-0.3, -0.25) is 4.79 Å². The van der Waals surface area contributed by atoms with Crippen molar-refractivity contribution in [2.24, 2.45) is 0 Å². The summed E-state index contributed by atoms with van der Waals surface area (Å²) >= 11 is 0. The molecule has 0 radical (unpaired) electrons. The number of benzene rings is 1. The average molecular weight is 460 g/mol. The summed E-state index contributed by atoms with van der Waals surface area (Å²) in [6.07, 6.45) is 3.57. The molecule has 1 aliphatic heterocycles. The van der Waals surface area contributed by atoms with E-state index in [9.17, 15) is 4.79 Å². The number of rotatable bonds is 5. The predicted molar refractivity (Wildman–Crippen MR) is 127 cm³/mol. The first-order valence-corrected chi connectivity index (χ1v) is 11.0. The smallest absolute Gasteiger partial charge is 0.327 e. The second-order valence-corrected chi connectivity index (χ2v) is 8.32. The summed E-state index contributed by atoms with van der Waals surface area (Å²) in [6, 6.07) is 11.1. The Kier molecular flexibility index (Phi) is 5.81. The van der Waals surface area contributed by atoms with Crippen LogP contribution in [0, 0.1) is 0 Å². The normalized spacial score (nSPS) is 16.0. The third kappa shape index (κ3) is 4.40. The van der Waals surface area contributed by atoms with E-state index in [0.29, 0.717) is 42.8 Å². The maximum Gasteiger partial charge on any atom is 0.327 e. The number of morpholine rings is 1. The summed E-state index contributed by atoms with van der Waals surface area (Å²) in [5, 5.41) is 0.961. The number of ether oxygens (including phenoxy) is 2. The summed E-state index contributed by atoms with van der Waals surface area (Å²) in [5.41, 5.74) is 2.12. The molecule has 0 saturated carbocycles. The van der Waals surface area contributed by atoms with Crippen LogP contribution in [0.2, 0.25) is 0 Å². The van der Waals surface area contributed by atoms with Gasteiger partial charge in [0, 0.05) is 49.5 Å². The number of pyridine rings is 1. The standard InChI is InChI=1S/C24H25N7O3/c1-15-14-33-11-10-31(15)23-27-21(18-12-17-8-9-25-20(17)26-13-18)28-24(29-23)34-19-6-4-16(5-7-19)22(32)30(2)3/h4-9,12-13,15H,10-11,14H2,1-3H3,(H,25,26)/t15-/m0/s1. The summed E-state index contributed by atoms with van der Waals surface area (Å²) in [5.74, 6) is 1.43. The Bertz CT molecular complexity index is 1320. The molecule has 34 heavy (non-hydrogen) atoms. The van der Waals surface area contributed by atoms with Crippen LogP contribution in [0.15, 0.2) is 48.8 Å². The van der Waals surface area contributed by atoms with Gasteiger partial charge in [-0.1, -0.05) is 0 Å². The maximum absolute atomic E-state index is 12.2. The van der Waals surface area contributed by atoms with Crippen LogP contribution in [0.3, 0.4) is 0 Å². The molecule has 0 spiro atoms. The van der Waals surface area contributed by atoms with Crippen molar-refractivity contribution >= 4 is 22.9 Å². The number of fused-ring (bicyclic) bond motifs is 1. The van der Waals surface area contributed by atoms with E-state index in [1.807, 2.05) is 18.3 Å². The van der Waals surface area contributed by atoms with Crippen molar-refractivity contribution < 1.29 is 14.3 Å². The first-order chi connectivity index (χ1) is 16.5. The molecule has 1 aromatic carbocycles. The first kappa shape index (κ1) is 21.8. The minimum absolute atomic E-state index is 0.0785. The Morgan fingerprint density at radius 3 is 2.76 bits per heavy atom. The van der Waals surface area contributed by atoms with E-state index in [2.05, 4.69) is 31.8 Å². The zero-order valence-electron chi connectivity index (χ0n) is 19.2. The molecule has 1 aliphatic rings. The fourth-order valence-electron chi connectivity index (χ4n) is 3.76. The number of anilines is 1. The molecule has 0 aliphatic carbocycles. The molecule has 4 aromatic rings. The van der Waals surface area contributed by atoms with E-state index in [0.717, 1.165) is 16.6 Å². The van der Waals surface area contributed by atoms with Crippen molar-refractivity contribution in [2.45, 2.75) is 13.0 Å². The predicted octanol–water partition coefficient (Wildman–Crippen LogP) is 3.13. The van der Waals surface area contributed by atoms with Crippen molar-refractivity contribution in [2.75, 3.05) is 38.8 Å². The fourth-order valence-corrected chi connectivity index (χ4v) is 3.76. The lowest BCUT2D eigenvalue weighted by atomic mass is 10.2. The summed E-state index contributed by atoms with van der Waals surface area (Å²) in [7, 11) is 3.43. The molecule has 1 amide bonds. The quantitative estimate of drug-likeness (QED) is 0.485. The van der Waals surface area contributed by atoms with Gasteiger partial charge in [-0.25, -0.2) is 4.98 Å². The number of nitrogens with one attached hydrogen (secondary N) is 1. The Morgan fingerprint density at radius 1 is 1.18 bits per heavy atom. The van der Waals surface area contributed by atoms with Crippen LogP contribution in [-0.2, 0) is 4.74 Å². The maximum atomic E-state index is 12.2. The monoisotopic (exact) mass is 459 g/mol. The van der Waals surface area contributed by atoms with Gasteiger partial charge >= 0.3 is 6.01 Å². The largest absolute Gasteiger partial charge is 0.424 e. The molecule has 0 bridgehead atoms. The van der Waals surface area contributed by atoms with Crippen molar-refractivity contribution in [3.8, 4) is 23.1 Å². The highest BCUT2D eigenvalue weighted by molar-refractivity contribution is 5.93.